The molecule has 6 nitrogen and oxygen atoms in total. The topological polar surface area (TPSA) is 73.1 Å². The Morgan fingerprint density at radius 3 is 2.84 bits per heavy atom. The Kier molecular flexibility index (Phi) is 6.33. The van der Waals surface area contributed by atoms with Gasteiger partial charge in [-0.05, 0) is 29.3 Å². The van der Waals surface area contributed by atoms with Gasteiger partial charge in [-0.3, -0.25) is 4.79 Å². The number of nitrogens with zero attached hydrogens (tertiary/aromatic N) is 5. The van der Waals surface area contributed by atoms with Crippen molar-refractivity contribution in [2.75, 3.05) is 24.5 Å². The van der Waals surface area contributed by atoms with Crippen LogP contribution in [-0.2, 0) is 11.5 Å². The van der Waals surface area contributed by atoms with Crippen LogP contribution >= 0.6 is 11.6 Å². The first kappa shape index (κ1) is 21.7. The van der Waals surface area contributed by atoms with Crippen LogP contribution < -0.4 is 4.90 Å². The molecular weight excluding hydrogens is 429 g/mol. The van der Waals surface area contributed by atoms with Crippen molar-refractivity contribution >= 4 is 34.2 Å². The number of anilines is 1. The van der Waals surface area contributed by atoms with E-state index in [4.69, 9.17) is 11.6 Å². The number of carbonyl (C=O) groups is 1. The number of halogens is 2. The molecule has 1 unspecified atom stereocenters. The van der Waals surface area contributed by atoms with Crippen molar-refractivity contribution in [1.82, 2.24) is 14.9 Å². The van der Waals surface area contributed by atoms with Gasteiger partial charge in [0.05, 0.1) is 24.0 Å². The van der Waals surface area contributed by atoms with E-state index in [0.29, 0.717) is 47.1 Å². The minimum atomic E-state index is -0.590. The molecular formula is C24H21ClFN5O. The summed E-state index contributed by atoms with van der Waals surface area (Å²) in [5, 5.41) is 10.5. The molecule has 4 rings (SSSR count). The number of rotatable bonds is 5. The molecule has 1 fully saturated rings. The van der Waals surface area contributed by atoms with Gasteiger partial charge < -0.3 is 9.80 Å². The van der Waals surface area contributed by atoms with E-state index in [9.17, 15) is 14.4 Å². The number of aromatic nitrogens is 2. The highest BCUT2D eigenvalue weighted by atomic mass is 35.5. The molecule has 0 bridgehead atoms. The summed E-state index contributed by atoms with van der Waals surface area (Å²) in [6, 6.07) is 12.8. The number of alkyl halides is 1. The highest BCUT2D eigenvalue weighted by molar-refractivity contribution is 6.34. The predicted octanol–water partition coefficient (Wildman–Crippen LogP) is 4.54. The minimum Gasteiger partial charge on any atom is -0.352 e. The van der Waals surface area contributed by atoms with Crippen LogP contribution in [-0.4, -0.2) is 46.5 Å². The zero-order chi connectivity index (χ0) is 22.7. The number of carbonyl (C=O) groups excluding carboxylic acids is 1. The Morgan fingerprint density at radius 1 is 1.28 bits per heavy atom. The smallest absolute Gasteiger partial charge is 0.246 e. The van der Waals surface area contributed by atoms with E-state index in [1.807, 2.05) is 23.1 Å². The molecule has 1 aliphatic heterocycles. The number of amides is 1. The van der Waals surface area contributed by atoms with Crippen molar-refractivity contribution in [2.45, 2.75) is 19.1 Å². The zero-order valence-electron chi connectivity index (χ0n) is 17.3. The Balaban J connectivity index is 1.73. The predicted molar refractivity (Wildman–Crippen MR) is 123 cm³/mol. The molecule has 0 saturated carbocycles. The Bertz CT molecular complexity index is 1220. The van der Waals surface area contributed by atoms with Crippen molar-refractivity contribution < 1.29 is 9.18 Å². The van der Waals surface area contributed by atoms with Crippen molar-refractivity contribution in [3.63, 3.8) is 0 Å². The van der Waals surface area contributed by atoms with Gasteiger partial charge in [-0.1, -0.05) is 42.4 Å². The lowest BCUT2D eigenvalue weighted by molar-refractivity contribution is -0.128. The normalized spacial score (nSPS) is 16.1. The fourth-order valence-corrected chi connectivity index (χ4v) is 4.42. The number of fused-ring (bicyclic) bond motifs is 1. The molecule has 162 valence electrons. The van der Waals surface area contributed by atoms with Gasteiger partial charge in [0.25, 0.3) is 0 Å². The summed E-state index contributed by atoms with van der Waals surface area (Å²) < 4.78 is 13.5. The van der Waals surface area contributed by atoms with Gasteiger partial charge in [0, 0.05) is 35.6 Å². The molecule has 0 spiro atoms. The molecule has 0 aliphatic carbocycles. The van der Waals surface area contributed by atoms with Crippen molar-refractivity contribution in [3.8, 4) is 17.2 Å². The molecule has 32 heavy (non-hydrogen) atoms. The van der Waals surface area contributed by atoms with E-state index in [1.165, 1.54) is 12.4 Å². The number of hydrogen-bond donors (Lipinski definition) is 0. The molecule has 1 saturated heterocycles. The summed E-state index contributed by atoms with van der Waals surface area (Å²) in [4.78, 5) is 24.8. The zero-order valence-corrected chi connectivity index (χ0v) is 18.1. The third-order valence-electron chi connectivity index (χ3n) is 5.72. The second-order valence-corrected chi connectivity index (χ2v) is 7.94. The molecule has 1 atom stereocenters. The summed E-state index contributed by atoms with van der Waals surface area (Å²) in [5.74, 6) is 0.507. The van der Waals surface area contributed by atoms with Gasteiger partial charge >= 0.3 is 0 Å². The first-order valence-electron chi connectivity index (χ1n) is 10.2. The van der Waals surface area contributed by atoms with Crippen molar-refractivity contribution in [1.29, 1.82) is 5.26 Å². The van der Waals surface area contributed by atoms with E-state index >= 15 is 0 Å². The second-order valence-electron chi connectivity index (χ2n) is 7.54. The van der Waals surface area contributed by atoms with Crippen LogP contribution in [0.4, 0.5) is 10.2 Å². The fraction of sp³-hybridized carbons (Fsp3) is 0.250. The molecule has 8 heteroatoms. The lowest BCUT2D eigenvalue weighted by Crippen LogP contribution is -2.55. The molecule has 3 aromatic rings. The third kappa shape index (κ3) is 4.02. The maximum atomic E-state index is 13.5. The first-order chi connectivity index (χ1) is 15.6. The number of piperazine rings is 1. The summed E-state index contributed by atoms with van der Waals surface area (Å²) in [5.41, 5.74) is 2.68. The summed E-state index contributed by atoms with van der Waals surface area (Å²) in [6.07, 6.45) is 2.97. The molecule has 0 radical (unpaired) electrons. The van der Waals surface area contributed by atoms with Gasteiger partial charge in [-0.25, -0.2) is 14.4 Å². The summed E-state index contributed by atoms with van der Waals surface area (Å²) >= 11 is 6.64. The van der Waals surface area contributed by atoms with Crippen molar-refractivity contribution in [2.24, 2.45) is 0 Å². The van der Waals surface area contributed by atoms with Crippen LogP contribution in [0.1, 0.15) is 12.0 Å². The maximum Gasteiger partial charge on any atom is 0.246 e. The van der Waals surface area contributed by atoms with Crippen LogP contribution in [0.25, 0.3) is 22.0 Å². The quantitative estimate of drug-likeness (QED) is 0.535. The molecule has 1 amide bonds. The highest BCUT2D eigenvalue weighted by Crippen LogP contribution is 2.36. The average molecular weight is 450 g/mol. The lowest BCUT2D eigenvalue weighted by Gasteiger charge is -2.41. The van der Waals surface area contributed by atoms with Crippen LogP contribution in [0.3, 0.4) is 0 Å². The van der Waals surface area contributed by atoms with Crippen LogP contribution in [0, 0.1) is 11.3 Å². The van der Waals surface area contributed by atoms with E-state index in [0.717, 1.165) is 10.9 Å². The number of hydrogen-bond acceptors (Lipinski definition) is 5. The molecule has 0 N–H and O–H groups in total. The van der Waals surface area contributed by atoms with Gasteiger partial charge in [-0.2, -0.15) is 5.26 Å². The average Bonchev–Trinajstić information content (AvgIpc) is 2.83. The number of benzene rings is 2. The Hall–Kier alpha value is -3.50. The molecule has 1 aromatic heterocycles. The third-order valence-corrected chi connectivity index (χ3v) is 6.03. The van der Waals surface area contributed by atoms with Crippen LogP contribution in [0.2, 0.25) is 5.02 Å². The molecule has 2 heterocycles. The van der Waals surface area contributed by atoms with E-state index in [-0.39, 0.29) is 18.4 Å². The minimum absolute atomic E-state index is 0.184. The fourth-order valence-electron chi connectivity index (χ4n) is 4.16. The number of nitriles is 1. The molecule has 2 aromatic carbocycles. The molecule has 1 aliphatic rings. The first-order valence-corrected chi connectivity index (χ1v) is 10.6. The summed E-state index contributed by atoms with van der Waals surface area (Å²) in [7, 11) is 0. The monoisotopic (exact) mass is 449 g/mol. The second kappa shape index (κ2) is 9.33. The SMILES string of the molecule is C=CC(=O)N1CCN(c2ncnc3cc(-c4ccccc4CF)c(Cl)cc23)CC1CC#N. The summed E-state index contributed by atoms with van der Waals surface area (Å²) in [6.45, 7) is 4.44. The van der Waals surface area contributed by atoms with Gasteiger partial charge in [-0.15, -0.1) is 0 Å². The standard InChI is InChI=1S/C24H21ClFN5O/c1-2-23(32)31-10-9-30(14-17(31)7-8-27)24-20-11-21(25)19(12-22(20)28-15-29-24)18-6-4-3-5-16(18)13-26/h2-6,11-12,15,17H,1,7,9-10,13-14H2. The Labute approximate surface area is 190 Å². The van der Waals surface area contributed by atoms with Crippen LogP contribution in [0.15, 0.2) is 55.4 Å². The Morgan fingerprint density at radius 2 is 2.09 bits per heavy atom. The van der Waals surface area contributed by atoms with E-state index in [1.54, 1.807) is 23.1 Å². The van der Waals surface area contributed by atoms with Gasteiger partial charge in [0.2, 0.25) is 5.91 Å². The van der Waals surface area contributed by atoms with Gasteiger partial charge in [0.15, 0.2) is 0 Å². The van der Waals surface area contributed by atoms with E-state index in [2.05, 4.69) is 22.6 Å². The van der Waals surface area contributed by atoms with Crippen molar-refractivity contribution in [3.05, 3.63) is 66.0 Å². The van der Waals surface area contributed by atoms with Gasteiger partial charge in [0.1, 0.15) is 18.8 Å². The largest absolute Gasteiger partial charge is 0.352 e. The van der Waals surface area contributed by atoms with Crippen LogP contribution in [0.5, 0.6) is 0 Å². The highest BCUT2D eigenvalue weighted by Gasteiger charge is 2.30. The van der Waals surface area contributed by atoms with E-state index < -0.39 is 6.67 Å². The lowest BCUT2D eigenvalue weighted by atomic mass is 9.99. The maximum absolute atomic E-state index is 13.5.